The minimum Gasteiger partial charge on any atom is -0.491 e. The van der Waals surface area contributed by atoms with Crippen LogP contribution in [0, 0.1) is 23.7 Å². The summed E-state index contributed by atoms with van der Waals surface area (Å²) in [5.74, 6) is 3.10. The van der Waals surface area contributed by atoms with Gasteiger partial charge < -0.3 is 15.4 Å². The van der Waals surface area contributed by atoms with Gasteiger partial charge in [-0.15, -0.1) is 0 Å². The number of rotatable bonds is 13. The number of nitrogens with zero attached hydrogens (tertiary/aromatic N) is 1. The number of primary amides is 1. The Morgan fingerprint density at radius 3 is 2.63 bits per heavy atom. The molecule has 1 fully saturated rings. The highest BCUT2D eigenvalue weighted by Crippen LogP contribution is 2.42. The lowest BCUT2D eigenvalue weighted by Crippen LogP contribution is -2.40. The Bertz CT molecular complexity index is 1060. The van der Waals surface area contributed by atoms with E-state index in [1.165, 1.54) is 44.1 Å². The predicted octanol–water partition coefficient (Wildman–Crippen LogP) is 7.82. The normalized spacial score (nSPS) is 22.5. The molecule has 0 spiro atoms. The van der Waals surface area contributed by atoms with E-state index in [1.807, 2.05) is 24.3 Å². The van der Waals surface area contributed by atoms with E-state index in [1.54, 1.807) is 6.07 Å². The molecule has 0 bridgehead atoms. The molecule has 1 aliphatic heterocycles. The van der Waals surface area contributed by atoms with Crippen molar-refractivity contribution in [1.82, 2.24) is 0 Å². The minimum atomic E-state index is -0.388. The lowest BCUT2D eigenvalue weighted by atomic mass is 9.70. The fourth-order valence-electron chi connectivity index (χ4n) is 6.00. The van der Waals surface area contributed by atoms with E-state index >= 15 is 0 Å². The van der Waals surface area contributed by atoms with Gasteiger partial charge in [-0.05, 0) is 92.2 Å². The number of carbonyl (C=O) groups excluding carboxylic acids is 1. The lowest BCUT2D eigenvalue weighted by Gasteiger charge is -2.41. The molecule has 2 aliphatic rings. The molecule has 0 unspecified atom stereocenters. The van der Waals surface area contributed by atoms with Crippen LogP contribution in [0.2, 0.25) is 5.02 Å². The van der Waals surface area contributed by atoms with Crippen LogP contribution in [-0.4, -0.2) is 30.9 Å². The Balaban J connectivity index is 1.38. The monoisotopic (exact) mass is 556 g/mol. The summed E-state index contributed by atoms with van der Waals surface area (Å²) in [6.07, 6.45) is 11.0. The van der Waals surface area contributed by atoms with Gasteiger partial charge in [0.05, 0.1) is 12.3 Å². The number of nitrogens with two attached hydrogens (primary N) is 1. The van der Waals surface area contributed by atoms with E-state index in [4.69, 9.17) is 22.1 Å². The van der Waals surface area contributed by atoms with Gasteiger partial charge in [0, 0.05) is 34.8 Å². The highest BCUT2D eigenvalue weighted by molar-refractivity contribution is 7.80. The zero-order valence-corrected chi connectivity index (χ0v) is 24.7. The lowest BCUT2D eigenvalue weighted by molar-refractivity contribution is 0.1000. The molecule has 1 heterocycles. The third kappa shape index (κ3) is 8.08. The van der Waals surface area contributed by atoms with E-state index in [0.717, 1.165) is 54.7 Å². The van der Waals surface area contributed by atoms with Gasteiger partial charge in [0.15, 0.2) is 0 Å². The summed E-state index contributed by atoms with van der Waals surface area (Å²) in [5.41, 5.74) is 8.51. The number of unbranched alkanes of at least 4 members (excludes halogenated alkanes) is 1. The number of halogens is 1. The first-order valence-electron chi connectivity index (χ1n) is 14.5. The van der Waals surface area contributed by atoms with Crippen LogP contribution in [0.1, 0.15) is 81.1 Å². The third-order valence-corrected chi connectivity index (χ3v) is 9.59. The van der Waals surface area contributed by atoms with E-state index in [-0.39, 0.29) is 5.91 Å². The van der Waals surface area contributed by atoms with Gasteiger partial charge in [0.1, 0.15) is 5.75 Å². The first kappa shape index (κ1) is 29.1. The van der Waals surface area contributed by atoms with Crippen molar-refractivity contribution in [3.05, 3.63) is 58.6 Å². The Morgan fingerprint density at radius 1 is 1.11 bits per heavy atom. The molecule has 1 saturated carbocycles. The van der Waals surface area contributed by atoms with E-state index in [0.29, 0.717) is 35.2 Å². The average molecular weight is 557 g/mol. The second-order valence-corrected chi connectivity index (χ2v) is 13.0. The molecule has 4 rings (SSSR count). The van der Waals surface area contributed by atoms with Crippen molar-refractivity contribution < 1.29 is 9.53 Å². The largest absolute Gasteiger partial charge is 0.491 e. The highest BCUT2D eigenvalue weighted by Gasteiger charge is 2.34. The Labute approximate surface area is 240 Å². The van der Waals surface area contributed by atoms with Gasteiger partial charge in [0.25, 0.3) is 0 Å². The smallest absolute Gasteiger partial charge is 0.248 e. The second-order valence-electron chi connectivity index (χ2n) is 11.8. The highest BCUT2D eigenvalue weighted by atomic mass is 35.5. The molecule has 208 valence electrons. The van der Waals surface area contributed by atoms with E-state index < -0.39 is 0 Å². The molecular weight excluding hydrogens is 512 g/mol. The molecule has 2 aromatic rings. The van der Waals surface area contributed by atoms with Gasteiger partial charge in [0.2, 0.25) is 5.91 Å². The van der Waals surface area contributed by atoms with Crippen LogP contribution in [0.4, 0.5) is 5.69 Å². The molecular formula is C32H45ClN2O2S. The quantitative estimate of drug-likeness (QED) is 0.195. The van der Waals surface area contributed by atoms with Gasteiger partial charge in [-0.25, -0.2) is 0 Å². The number of benzene rings is 2. The molecule has 4 nitrogen and oxygen atoms in total. The van der Waals surface area contributed by atoms with E-state index in [9.17, 15) is 4.79 Å². The fraction of sp³-hybridized carbons (Fsp3) is 0.594. The molecule has 38 heavy (non-hydrogen) atoms. The Hall–Kier alpha value is -1.85. The molecule has 5 atom stereocenters. The number of hydrogen-bond acceptors (Lipinski definition) is 4. The number of aryl methyl sites for hydroxylation is 1. The average Bonchev–Trinajstić information content (AvgIpc) is 3.05. The maximum atomic E-state index is 12.0. The van der Waals surface area contributed by atoms with Gasteiger partial charge in [-0.1, -0.05) is 56.8 Å². The van der Waals surface area contributed by atoms with Crippen molar-refractivity contribution in [1.29, 1.82) is 0 Å². The fourth-order valence-corrected chi connectivity index (χ4v) is 6.36. The Morgan fingerprint density at radius 2 is 1.92 bits per heavy atom. The van der Waals surface area contributed by atoms with Crippen molar-refractivity contribution in [2.45, 2.75) is 76.9 Å². The zero-order valence-electron chi connectivity index (χ0n) is 23.1. The van der Waals surface area contributed by atoms with E-state index in [2.05, 4.69) is 43.5 Å². The predicted molar refractivity (Wildman–Crippen MR) is 163 cm³/mol. The van der Waals surface area contributed by atoms with Crippen LogP contribution in [0.25, 0.3) is 0 Å². The topological polar surface area (TPSA) is 55.6 Å². The molecule has 2 aromatic carbocycles. The number of hydrogen-bond donors (Lipinski definition) is 2. The summed E-state index contributed by atoms with van der Waals surface area (Å²) >= 11 is 10.8. The van der Waals surface area contributed by atoms with Crippen molar-refractivity contribution in [2.75, 3.05) is 24.6 Å². The number of fused-ring (bicyclic) bond motifs is 1. The van der Waals surface area contributed by atoms with Crippen LogP contribution in [0.5, 0.6) is 5.75 Å². The third-order valence-electron chi connectivity index (χ3n) is 8.84. The minimum absolute atomic E-state index is 0.388. The van der Waals surface area contributed by atoms with Gasteiger partial charge >= 0.3 is 0 Å². The SMILES string of the molecule is C[C@@H](S)[C@@H](C)CCCC[C@@H]1CC[C@H]1CN1C[C@@H](CCCc2cccc(Cl)c2)COc2ccc(C(N)=O)cc21. The first-order chi connectivity index (χ1) is 18.3. The van der Waals surface area contributed by atoms with Crippen molar-refractivity contribution in [2.24, 2.45) is 29.4 Å². The van der Waals surface area contributed by atoms with Crippen molar-refractivity contribution >= 4 is 35.8 Å². The maximum Gasteiger partial charge on any atom is 0.248 e. The maximum absolute atomic E-state index is 12.0. The molecule has 2 N–H and O–H groups in total. The summed E-state index contributed by atoms with van der Waals surface area (Å²) in [4.78, 5) is 14.5. The molecule has 0 saturated heterocycles. The van der Waals surface area contributed by atoms with Crippen molar-refractivity contribution in [3.63, 3.8) is 0 Å². The summed E-state index contributed by atoms with van der Waals surface area (Å²) in [6.45, 7) is 7.19. The van der Waals surface area contributed by atoms with Gasteiger partial charge in [-0.3, -0.25) is 4.79 Å². The summed E-state index contributed by atoms with van der Waals surface area (Å²) < 4.78 is 6.31. The van der Waals surface area contributed by atoms with Crippen LogP contribution in [-0.2, 0) is 6.42 Å². The number of amides is 1. The second kappa shape index (κ2) is 14.0. The summed E-state index contributed by atoms with van der Waals surface area (Å²) in [6, 6.07) is 13.8. The standard InChI is InChI=1S/C32H45ClN2O2S/c1-22(23(2)38)7-3-4-11-26-13-14-28(26)20-35-19-25(10-5-8-24-9-6-12-29(33)17-24)21-37-31-16-15-27(32(34)36)18-30(31)35/h6,9,12,15-18,22-23,25-26,28,38H,3-5,7-8,10-11,13-14,19-21H2,1-2H3,(H2,34,36)/t22-,23+,25+,26+,28-/m0/s1. The van der Waals surface area contributed by atoms with Crippen LogP contribution in [0.15, 0.2) is 42.5 Å². The van der Waals surface area contributed by atoms with Crippen molar-refractivity contribution in [3.8, 4) is 5.75 Å². The molecule has 1 amide bonds. The number of thiol groups is 1. The molecule has 0 aromatic heterocycles. The van der Waals surface area contributed by atoms with Crippen LogP contribution < -0.4 is 15.4 Å². The number of anilines is 1. The molecule has 1 aliphatic carbocycles. The summed E-state index contributed by atoms with van der Waals surface area (Å²) in [7, 11) is 0. The van der Waals surface area contributed by atoms with Crippen LogP contribution in [0.3, 0.4) is 0 Å². The molecule has 0 radical (unpaired) electrons. The zero-order chi connectivity index (χ0) is 27.1. The summed E-state index contributed by atoms with van der Waals surface area (Å²) in [5, 5.41) is 1.27. The Kier molecular flexibility index (Phi) is 10.7. The van der Waals surface area contributed by atoms with Gasteiger partial charge in [-0.2, -0.15) is 12.6 Å². The molecule has 6 heteroatoms. The van der Waals surface area contributed by atoms with Crippen LogP contribution >= 0.6 is 24.2 Å². The number of carbonyl (C=O) groups is 1. The first-order valence-corrected chi connectivity index (χ1v) is 15.4. The number of ether oxygens (including phenoxy) is 1.